The number of nitrogens with one attached hydrogen (secondary N) is 1. The van der Waals surface area contributed by atoms with Crippen LogP contribution in [0.25, 0.3) is 10.1 Å². The predicted molar refractivity (Wildman–Crippen MR) is 77.2 cm³/mol. The van der Waals surface area contributed by atoms with Crippen LogP contribution in [0.2, 0.25) is 0 Å². The second-order valence-corrected chi connectivity index (χ2v) is 5.09. The van der Waals surface area contributed by atoms with Gasteiger partial charge >= 0.3 is 0 Å². The number of nitrogens with zero attached hydrogens (tertiary/aromatic N) is 1. The molecule has 19 heavy (non-hydrogen) atoms. The van der Waals surface area contributed by atoms with Gasteiger partial charge in [-0.25, -0.2) is 0 Å². The molecule has 94 valence electrons. The van der Waals surface area contributed by atoms with Crippen molar-refractivity contribution in [2.45, 2.75) is 6.54 Å². The molecule has 3 aromatic rings. The topological polar surface area (TPSA) is 42.0 Å². The summed E-state index contributed by atoms with van der Waals surface area (Å²) in [5, 5.41) is 5.86. The lowest BCUT2D eigenvalue weighted by Gasteiger charge is -2.04. The molecule has 0 aliphatic rings. The Morgan fingerprint density at radius 2 is 1.95 bits per heavy atom. The quantitative estimate of drug-likeness (QED) is 0.792. The van der Waals surface area contributed by atoms with Gasteiger partial charge in [-0.2, -0.15) is 0 Å². The lowest BCUT2D eigenvalue weighted by molar-refractivity contribution is 0.0953. The number of hydrogen-bond donors (Lipinski definition) is 1. The fourth-order valence-corrected chi connectivity index (χ4v) is 2.87. The van der Waals surface area contributed by atoms with Gasteiger partial charge in [-0.05, 0) is 23.8 Å². The SMILES string of the molecule is O=C(NCc1ccncc1)c1csc2ccccc12. The van der Waals surface area contributed by atoms with Crippen LogP contribution in [0.1, 0.15) is 15.9 Å². The van der Waals surface area contributed by atoms with E-state index in [4.69, 9.17) is 0 Å². The maximum Gasteiger partial charge on any atom is 0.253 e. The standard InChI is InChI=1S/C15H12N2OS/c18-15(17-9-11-5-7-16-8-6-11)13-10-19-14-4-2-1-3-12(13)14/h1-8,10H,9H2,(H,17,18). The van der Waals surface area contributed by atoms with Gasteiger partial charge in [-0.15, -0.1) is 11.3 Å². The molecule has 0 radical (unpaired) electrons. The van der Waals surface area contributed by atoms with E-state index in [0.717, 1.165) is 21.2 Å². The molecule has 0 atom stereocenters. The summed E-state index contributed by atoms with van der Waals surface area (Å²) in [5.74, 6) is -0.0331. The van der Waals surface area contributed by atoms with Gasteiger partial charge < -0.3 is 5.32 Å². The summed E-state index contributed by atoms with van der Waals surface area (Å²) in [7, 11) is 0. The molecule has 1 aromatic carbocycles. The number of aromatic nitrogens is 1. The predicted octanol–water partition coefficient (Wildman–Crippen LogP) is 3.23. The Morgan fingerprint density at radius 3 is 2.79 bits per heavy atom. The molecule has 0 bridgehead atoms. The third kappa shape index (κ3) is 2.48. The van der Waals surface area contributed by atoms with E-state index in [-0.39, 0.29) is 5.91 Å². The number of fused-ring (bicyclic) bond motifs is 1. The summed E-state index contributed by atoms with van der Waals surface area (Å²) >= 11 is 1.59. The molecule has 3 nitrogen and oxygen atoms in total. The molecule has 0 saturated heterocycles. The second-order valence-electron chi connectivity index (χ2n) is 4.18. The van der Waals surface area contributed by atoms with E-state index in [2.05, 4.69) is 10.3 Å². The van der Waals surface area contributed by atoms with Crippen LogP contribution >= 0.6 is 11.3 Å². The Bertz CT molecular complexity index is 706. The zero-order valence-corrected chi connectivity index (χ0v) is 11.0. The molecule has 0 aliphatic heterocycles. The molecule has 0 saturated carbocycles. The third-order valence-electron chi connectivity index (χ3n) is 2.93. The van der Waals surface area contributed by atoms with E-state index in [1.165, 1.54) is 0 Å². The van der Waals surface area contributed by atoms with Crippen molar-refractivity contribution in [1.29, 1.82) is 0 Å². The lowest BCUT2D eigenvalue weighted by Crippen LogP contribution is -2.22. The van der Waals surface area contributed by atoms with Crippen LogP contribution in [-0.2, 0) is 6.54 Å². The Kier molecular flexibility index (Phi) is 3.25. The molecule has 2 heterocycles. The van der Waals surface area contributed by atoms with Gasteiger partial charge in [0.25, 0.3) is 5.91 Å². The number of benzene rings is 1. The molecule has 2 aromatic heterocycles. The first-order valence-electron chi connectivity index (χ1n) is 5.98. The normalized spacial score (nSPS) is 10.5. The van der Waals surface area contributed by atoms with Crippen molar-refractivity contribution in [2.75, 3.05) is 0 Å². The van der Waals surface area contributed by atoms with E-state index < -0.39 is 0 Å². The molecule has 1 amide bonds. The Hall–Kier alpha value is -2.20. The van der Waals surface area contributed by atoms with Gasteiger partial charge in [0.2, 0.25) is 0 Å². The molecule has 0 spiro atoms. The Morgan fingerprint density at radius 1 is 1.16 bits per heavy atom. The lowest BCUT2D eigenvalue weighted by atomic mass is 10.1. The first kappa shape index (κ1) is 11.9. The number of carbonyl (C=O) groups is 1. The zero-order valence-electron chi connectivity index (χ0n) is 10.2. The van der Waals surface area contributed by atoms with Crippen molar-refractivity contribution < 1.29 is 4.79 Å². The Labute approximate surface area is 114 Å². The summed E-state index contributed by atoms with van der Waals surface area (Å²) in [6.07, 6.45) is 3.45. The molecule has 0 aliphatic carbocycles. The minimum atomic E-state index is -0.0331. The molecule has 4 heteroatoms. The highest BCUT2D eigenvalue weighted by Crippen LogP contribution is 2.25. The Balaban J connectivity index is 1.77. The van der Waals surface area contributed by atoms with Gasteiger partial charge in [-0.1, -0.05) is 18.2 Å². The van der Waals surface area contributed by atoms with E-state index in [9.17, 15) is 4.79 Å². The van der Waals surface area contributed by atoms with Gasteiger partial charge in [0.05, 0.1) is 5.56 Å². The van der Waals surface area contributed by atoms with Gasteiger partial charge in [-0.3, -0.25) is 9.78 Å². The van der Waals surface area contributed by atoms with Crippen molar-refractivity contribution in [1.82, 2.24) is 10.3 Å². The summed E-state index contributed by atoms with van der Waals surface area (Å²) in [4.78, 5) is 16.1. The summed E-state index contributed by atoms with van der Waals surface area (Å²) in [6, 6.07) is 11.7. The highest BCUT2D eigenvalue weighted by molar-refractivity contribution is 7.17. The van der Waals surface area contributed by atoms with E-state index >= 15 is 0 Å². The van der Waals surface area contributed by atoms with Gasteiger partial charge in [0.15, 0.2) is 0 Å². The minimum absolute atomic E-state index is 0.0331. The van der Waals surface area contributed by atoms with Crippen LogP contribution in [0.4, 0.5) is 0 Å². The van der Waals surface area contributed by atoms with E-state index in [1.54, 1.807) is 23.7 Å². The maximum absolute atomic E-state index is 12.2. The number of rotatable bonds is 3. The number of pyridine rings is 1. The third-order valence-corrected chi connectivity index (χ3v) is 3.89. The van der Waals surface area contributed by atoms with Crippen molar-refractivity contribution in [2.24, 2.45) is 0 Å². The molecule has 0 fully saturated rings. The van der Waals surface area contributed by atoms with E-state index in [1.807, 2.05) is 41.8 Å². The fourth-order valence-electron chi connectivity index (χ4n) is 1.93. The van der Waals surface area contributed by atoms with Crippen molar-refractivity contribution >= 4 is 27.3 Å². The zero-order chi connectivity index (χ0) is 13.1. The average molecular weight is 268 g/mol. The van der Waals surface area contributed by atoms with Gasteiger partial charge in [0, 0.05) is 34.4 Å². The van der Waals surface area contributed by atoms with Crippen LogP contribution < -0.4 is 5.32 Å². The average Bonchev–Trinajstić information content (AvgIpc) is 2.90. The number of thiophene rings is 1. The molecular formula is C15H12N2OS. The monoisotopic (exact) mass is 268 g/mol. The number of carbonyl (C=O) groups excluding carboxylic acids is 1. The largest absolute Gasteiger partial charge is 0.348 e. The summed E-state index contributed by atoms with van der Waals surface area (Å²) in [5.41, 5.74) is 1.79. The number of hydrogen-bond acceptors (Lipinski definition) is 3. The van der Waals surface area contributed by atoms with Crippen molar-refractivity contribution in [3.63, 3.8) is 0 Å². The van der Waals surface area contributed by atoms with Crippen molar-refractivity contribution in [3.8, 4) is 0 Å². The molecule has 3 rings (SSSR count). The highest BCUT2D eigenvalue weighted by atomic mass is 32.1. The van der Waals surface area contributed by atoms with Crippen molar-refractivity contribution in [3.05, 3.63) is 65.3 Å². The molecule has 0 unspecified atom stereocenters. The highest BCUT2D eigenvalue weighted by Gasteiger charge is 2.11. The van der Waals surface area contributed by atoms with E-state index in [0.29, 0.717) is 6.54 Å². The van der Waals surface area contributed by atoms with Crippen LogP contribution in [0.5, 0.6) is 0 Å². The molecule has 1 N–H and O–H groups in total. The van der Waals surface area contributed by atoms with Crippen LogP contribution in [0.15, 0.2) is 54.2 Å². The van der Waals surface area contributed by atoms with Crippen LogP contribution in [0, 0.1) is 0 Å². The second kappa shape index (κ2) is 5.20. The first-order valence-corrected chi connectivity index (χ1v) is 6.86. The summed E-state index contributed by atoms with van der Waals surface area (Å²) < 4.78 is 1.14. The van der Waals surface area contributed by atoms with Crippen LogP contribution in [-0.4, -0.2) is 10.9 Å². The van der Waals surface area contributed by atoms with Gasteiger partial charge in [0.1, 0.15) is 0 Å². The maximum atomic E-state index is 12.2. The minimum Gasteiger partial charge on any atom is -0.348 e. The molecular weight excluding hydrogens is 256 g/mol. The smallest absolute Gasteiger partial charge is 0.253 e. The number of amides is 1. The summed E-state index contributed by atoms with van der Waals surface area (Å²) in [6.45, 7) is 0.519. The fraction of sp³-hybridized carbons (Fsp3) is 0.0667. The van der Waals surface area contributed by atoms with Crippen LogP contribution in [0.3, 0.4) is 0 Å². The first-order chi connectivity index (χ1) is 9.34.